The Balaban J connectivity index is 2.56. The normalized spacial score (nSPS) is 9.63. The van der Waals surface area contributed by atoms with Gasteiger partial charge in [0.25, 0.3) is 0 Å². The molecule has 0 heterocycles. The van der Waals surface area contributed by atoms with Gasteiger partial charge in [0.2, 0.25) is 0 Å². The summed E-state index contributed by atoms with van der Waals surface area (Å²) >= 11 is 0. The summed E-state index contributed by atoms with van der Waals surface area (Å²) in [6, 6.07) is 16.0. The molecule has 1 N–H and O–H groups in total. The van der Waals surface area contributed by atoms with Crippen molar-refractivity contribution in [3.8, 4) is 22.9 Å². The molecule has 19 heavy (non-hydrogen) atoms. The van der Waals surface area contributed by atoms with Gasteiger partial charge in [0, 0.05) is 0 Å². The highest BCUT2D eigenvalue weighted by Gasteiger charge is 2.17. The second kappa shape index (κ2) is 5.69. The summed E-state index contributed by atoms with van der Waals surface area (Å²) in [6.07, 6.45) is 0. The summed E-state index contributed by atoms with van der Waals surface area (Å²) in [5.41, 5.74) is 1.44. The number of aromatic carboxylic acids is 1. The van der Waals surface area contributed by atoms with Crippen LogP contribution in [-0.4, -0.2) is 17.7 Å². The minimum Gasteiger partial charge on any atom is -0.478 e. The standard InChI is InChI=1S/C15H11NO3/c16-9-10-19-13-8-4-7-12(14(13)15(17)18)11-5-2-1-3-6-11/h1-8H,10H2,(H,17,18). The van der Waals surface area contributed by atoms with Crippen molar-refractivity contribution < 1.29 is 14.6 Å². The fraction of sp³-hybridized carbons (Fsp3) is 0.0667. The first kappa shape index (κ1) is 12.7. The van der Waals surface area contributed by atoms with Gasteiger partial charge in [-0.15, -0.1) is 0 Å². The number of carboxylic acid groups (broad SMARTS) is 1. The van der Waals surface area contributed by atoms with E-state index in [4.69, 9.17) is 10.00 Å². The molecule has 94 valence electrons. The number of hydrogen-bond acceptors (Lipinski definition) is 3. The number of carboxylic acids is 1. The van der Waals surface area contributed by atoms with Crippen molar-refractivity contribution in [3.05, 3.63) is 54.1 Å². The van der Waals surface area contributed by atoms with Crippen LogP contribution in [0.25, 0.3) is 11.1 Å². The van der Waals surface area contributed by atoms with E-state index < -0.39 is 5.97 Å². The van der Waals surface area contributed by atoms with Gasteiger partial charge in [-0.05, 0) is 17.2 Å². The van der Waals surface area contributed by atoms with Gasteiger partial charge in [-0.25, -0.2) is 4.79 Å². The predicted molar refractivity (Wildman–Crippen MR) is 69.9 cm³/mol. The molecule has 0 saturated heterocycles. The second-order valence-corrected chi connectivity index (χ2v) is 3.80. The van der Waals surface area contributed by atoms with Crippen molar-refractivity contribution in [1.29, 1.82) is 5.26 Å². The molecule has 0 saturated carbocycles. The Labute approximate surface area is 110 Å². The maximum atomic E-state index is 11.4. The summed E-state index contributed by atoms with van der Waals surface area (Å²) in [4.78, 5) is 11.4. The SMILES string of the molecule is N#CCOc1cccc(-c2ccccc2)c1C(=O)O. The highest BCUT2D eigenvalue weighted by Crippen LogP contribution is 2.30. The average molecular weight is 253 g/mol. The number of hydrogen-bond donors (Lipinski definition) is 1. The maximum absolute atomic E-state index is 11.4. The van der Waals surface area contributed by atoms with Gasteiger partial charge in [-0.1, -0.05) is 42.5 Å². The molecular formula is C15H11NO3. The zero-order valence-electron chi connectivity index (χ0n) is 10.0. The molecule has 0 spiro atoms. The highest BCUT2D eigenvalue weighted by atomic mass is 16.5. The van der Waals surface area contributed by atoms with Crippen LogP contribution in [-0.2, 0) is 0 Å². The molecule has 0 bridgehead atoms. The third-order valence-electron chi connectivity index (χ3n) is 2.62. The van der Waals surface area contributed by atoms with Crippen LogP contribution < -0.4 is 4.74 Å². The van der Waals surface area contributed by atoms with Crippen LogP contribution in [0.3, 0.4) is 0 Å². The third-order valence-corrected chi connectivity index (χ3v) is 2.62. The van der Waals surface area contributed by atoms with E-state index in [1.165, 1.54) is 0 Å². The monoisotopic (exact) mass is 253 g/mol. The first-order chi connectivity index (χ1) is 9.24. The van der Waals surface area contributed by atoms with E-state index in [9.17, 15) is 9.90 Å². The second-order valence-electron chi connectivity index (χ2n) is 3.80. The van der Waals surface area contributed by atoms with Gasteiger partial charge >= 0.3 is 5.97 Å². The Kier molecular flexibility index (Phi) is 3.79. The predicted octanol–water partition coefficient (Wildman–Crippen LogP) is 2.95. The molecule has 0 fully saturated rings. The summed E-state index contributed by atoms with van der Waals surface area (Å²) in [7, 11) is 0. The van der Waals surface area contributed by atoms with E-state index in [1.54, 1.807) is 18.2 Å². The van der Waals surface area contributed by atoms with E-state index >= 15 is 0 Å². The van der Waals surface area contributed by atoms with Crippen LogP contribution in [0, 0.1) is 11.3 Å². The molecule has 0 aliphatic rings. The Morgan fingerprint density at radius 1 is 1.16 bits per heavy atom. The summed E-state index contributed by atoms with van der Waals surface area (Å²) < 4.78 is 5.17. The van der Waals surface area contributed by atoms with Gasteiger partial charge in [0.05, 0.1) is 0 Å². The van der Waals surface area contributed by atoms with Crippen LogP contribution >= 0.6 is 0 Å². The lowest BCUT2D eigenvalue weighted by molar-refractivity contribution is 0.0693. The van der Waals surface area contributed by atoms with Crippen LogP contribution in [0.2, 0.25) is 0 Å². The summed E-state index contributed by atoms with van der Waals surface area (Å²) in [5.74, 6) is -0.872. The fourth-order valence-electron chi connectivity index (χ4n) is 1.84. The van der Waals surface area contributed by atoms with Gasteiger partial charge in [-0.3, -0.25) is 0 Å². The van der Waals surface area contributed by atoms with E-state index in [-0.39, 0.29) is 17.9 Å². The molecule has 2 aromatic carbocycles. The molecule has 2 aromatic rings. The van der Waals surface area contributed by atoms with Crippen LogP contribution in [0.1, 0.15) is 10.4 Å². The minimum absolute atomic E-state index is 0.0731. The molecule has 4 nitrogen and oxygen atoms in total. The molecule has 0 aromatic heterocycles. The number of rotatable bonds is 4. The Hall–Kier alpha value is -2.80. The zero-order chi connectivity index (χ0) is 13.7. The van der Waals surface area contributed by atoms with E-state index in [0.717, 1.165) is 5.56 Å². The Bertz CT molecular complexity index is 630. The van der Waals surface area contributed by atoms with Gasteiger partial charge in [0.1, 0.15) is 17.4 Å². The number of nitriles is 1. The van der Waals surface area contributed by atoms with E-state index in [2.05, 4.69) is 0 Å². The van der Waals surface area contributed by atoms with E-state index in [1.807, 2.05) is 36.4 Å². The smallest absolute Gasteiger partial charge is 0.340 e. The van der Waals surface area contributed by atoms with Crippen LogP contribution in [0.5, 0.6) is 5.75 Å². The molecule has 0 amide bonds. The number of ether oxygens (including phenoxy) is 1. The fourth-order valence-corrected chi connectivity index (χ4v) is 1.84. The van der Waals surface area contributed by atoms with Crippen LogP contribution in [0.15, 0.2) is 48.5 Å². The molecule has 0 aliphatic carbocycles. The summed E-state index contributed by atoms with van der Waals surface area (Å²) in [6.45, 7) is -0.182. The Morgan fingerprint density at radius 2 is 1.89 bits per heavy atom. The maximum Gasteiger partial charge on any atom is 0.340 e. The van der Waals surface area contributed by atoms with Gasteiger partial charge < -0.3 is 9.84 Å². The van der Waals surface area contributed by atoms with Crippen LogP contribution in [0.4, 0.5) is 0 Å². The highest BCUT2D eigenvalue weighted by molar-refractivity contribution is 5.99. The Morgan fingerprint density at radius 3 is 2.53 bits per heavy atom. The lowest BCUT2D eigenvalue weighted by atomic mass is 9.99. The molecule has 0 atom stereocenters. The molecule has 0 unspecified atom stereocenters. The molecule has 2 rings (SSSR count). The van der Waals surface area contributed by atoms with Crippen molar-refractivity contribution >= 4 is 5.97 Å². The van der Waals surface area contributed by atoms with Crippen molar-refractivity contribution in [2.24, 2.45) is 0 Å². The molecule has 0 aliphatic heterocycles. The van der Waals surface area contributed by atoms with Gasteiger partial charge in [0.15, 0.2) is 6.61 Å². The lowest BCUT2D eigenvalue weighted by Gasteiger charge is -2.11. The topological polar surface area (TPSA) is 70.3 Å². The van der Waals surface area contributed by atoms with Crippen molar-refractivity contribution in [2.75, 3.05) is 6.61 Å². The summed E-state index contributed by atoms with van der Waals surface area (Å²) in [5, 5.41) is 17.9. The minimum atomic E-state index is -1.08. The van der Waals surface area contributed by atoms with Crippen molar-refractivity contribution in [2.45, 2.75) is 0 Å². The number of carbonyl (C=O) groups is 1. The molecule has 4 heteroatoms. The molecule has 0 radical (unpaired) electrons. The van der Waals surface area contributed by atoms with Crippen molar-refractivity contribution in [3.63, 3.8) is 0 Å². The first-order valence-corrected chi connectivity index (χ1v) is 5.65. The van der Waals surface area contributed by atoms with E-state index in [0.29, 0.717) is 5.56 Å². The average Bonchev–Trinajstić information content (AvgIpc) is 2.45. The number of benzene rings is 2. The number of nitrogens with zero attached hydrogens (tertiary/aromatic N) is 1. The van der Waals surface area contributed by atoms with Gasteiger partial charge in [-0.2, -0.15) is 5.26 Å². The zero-order valence-corrected chi connectivity index (χ0v) is 10.0. The van der Waals surface area contributed by atoms with Crippen molar-refractivity contribution in [1.82, 2.24) is 0 Å². The lowest BCUT2D eigenvalue weighted by Crippen LogP contribution is -2.05. The molecular weight excluding hydrogens is 242 g/mol. The third kappa shape index (κ3) is 2.72. The largest absolute Gasteiger partial charge is 0.478 e. The quantitative estimate of drug-likeness (QED) is 0.909. The first-order valence-electron chi connectivity index (χ1n) is 5.65.